The van der Waals surface area contributed by atoms with E-state index < -0.39 is 17.5 Å². The standard InChI is InChI=1S/C19H18ClN3O3S/c20-13-6-4-12(5-7-13)14-8-9-15(27-14)16(24)22-23-17(25)19(21-18(23)26)10-2-1-3-11-19/h4-9H,1-3,10-11H2,(H,21,26)(H,22,24). The van der Waals surface area contributed by atoms with Gasteiger partial charge in [0.2, 0.25) is 0 Å². The molecule has 140 valence electrons. The van der Waals surface area contributed by atoms with E-state index in [9.17, 15) is 14.4 Å². The average molecular weight is 404 g/mol. The van der Waals surface area contributed by atoms with Gasteiger partial charge in [-0.05, 0) is 42.7 Å². The van der Waals surface area contributed by atoms with Gasteiger partial charge in [0.25, 0.3) is 11.8 Å². The molecule has 1 saturated heterocycles. The third-order valence-corrected chi connectivity index (χ3v) is 6.43. The third kappa shape index (κ3) is 3.33. The van der Waals surface area contributed by atoms with Crippen LogP contribution in [0, 0.1) is 0 Å². The summed E-state index contributed by atoms with van der Waals surface area (Å²) in [6.07, 6.45) is 4.07. The lowest BCUT2D eigenvalue weighted by Crippen LogP contribution is -2.50. The monoisotopic (exact) mass is 403 g/mol. The van der Waals surface area contributed by atoms with E-state index in [1.807, 2.05) is 18.2 Å². The van der Waals surface area contributed by atoms with E-state index in [4.69, 9.17) is 11.6 Å². The molecule has 0 radical (unpaired) electrons. The summed E-state index contributed by atoms with van der Waals surface area (Å²) in [5.41, 5.74) is 2.55. The predicted octanol–water partition coefficient (Wildman–Crippen LogP) is 3.97. The number of nitrogens with one attached hydrogen (secondary N) is 2. The second kappa shape index (κ2) is 6.98. The molecule has 0 atom stereocenters. The molecule has 0 bridgehead atoms. The van der Waals surface area contributed by atoms with Gasteiger partial charge < -0.3 is 5.32 Å². The lowest BCUT2D eigenvalue weighted by molar-refractivity contribution is -0.134. The van der Waals surface area contributed by atoms with Crippen LogP contribution in [-0.4, -0.2) is 28.4 Å². The Morgan fingerprint density at radius 3 is 2.48 bits per heavy atom. The van der Waals surface area contributed by atoms with Crippen LogP contribution >= 0.6 is 22.9 Å². The minimum Gasteiger partial charge on any atom is -0.322 e. The van der Waals surface area contributed by atoms with Gasteiger partial charge in [0.05, 0.1) is 4.88 Å². The minimum absolute atomic E-state index is 0.366. The van der Waals surface area contributed by atoms with Crippen LogP contribution in [0.3, 0.4) is 0 Å². The maximum atomic E-state index is 12.7. The summed E-state index contributed by atoms with van der Waals surface area (Å²) in [5.74, 6) is -0.841. The van der Waals surface area contributed by atoms with Gasteiger partial charge >= 0.3 is 6.03 Å². The molecule has 1 saturated carbocycles. The highest BCUT2D eigenvalue weighted by Gasteiger charge is 2.52. The summed E-state index contributed by atoms with van der Waals surface area (Å²) >= 11 is 7.19. The van der Waals surface area contributed by atoms with Gasteiger partial charge in [0, 0.05) is 9.90 Å². The molecule has 1 spiro atoms. The van der Waals surface area contributed by atoms with Crippen LogP contribution in [0.25, 0.3) is 10.4 Å². The molecule has 27 heavy (non-hydrogen) atoms. The zero-order valence-electron chi connectivity index (χ0n) is 14.5. The molecule has 2 heterocycles. The van der Waals surface area contributed by atoms with Gasteiger partial charge in [0.15, 0.2) is 0 Å². The number of imide groups is 1. The van der Waals surface area contributed by atoms with Crippen molar-refractivity contribution in [3.63, 3.8) is 0 Å². The number of amides is 4. The third-order valence-electron chi connectivity index (χ3n) is 5.04. The number of hydrogen-bond acceptors (Lipinski definition) is 4. The zero-order valence-corrected chi connectivity index (χ0v) is 16.0. The Balaban J connectivity index is 1.49. The van der Waals surface area contributed by atoms with Crippen molar-refractivity contribution < 1.29 is 14.4 Å². The van der Waals surface area contributed by atoms with Gasteiger partial charge in [-0.1, -0.05) is 43.0 Å². The van der Waals surface area contributed by atoms with Crippen molar-refractivity contribution in [1.29, 1.82) is 0 Å². The second-order valence-corrected chi connectivity index (χ2v) is 8.35. The molecule has 8 heteroatoms. The Bertz CT molecular complexity index is 903. The van der Waals surface area contributed by atoms with Crippen molar-refractivity contribution in [2.24, 2.45) is 0 Å². The summed E-state index contributed by atoms with van der Waals surface area (Å²) in [5, 5.41) is 4.25. The minimum atomic E-state index is -0.855. The highest BCUT2D eigenvalue weighted by Crippen LogP contribution is 2.33. The molecule has 0 unspecified atom stereocenters. The number of nitrogens with zero attached hydrogens (tertiary/aromatic N) is 1. The normalized spacial score (nSPS) is 18.6. The number of carbonyl (C=O) groups excluding carboxylic acids is 3. The maximum absolute atomic E-state index is 12.7. The fraction of sp³-hybridized carbons (Fsp3) is 0.316. The molecule has 2 aliphatic rings. The van der Waals surface area contributed by atoms with Crippen LogP contribution in [0.1, 0.15) is 41.8 Å². The molecule has 4 amide bonds. The largest absolute Gasteiger partial charge is 0.344 e. The Hall–Kier alpha value is -2.38. The van der Waals surface area contributed by atoms with Crippen LogP contribution in [-0.2, 0) is 4.79 Å². The van der Waals surface area contributed by atoms with Crippen molar-refractivity contribution in [3.8, 4) is 10.4 Å². The topological polar surface area (TPSA) is 78.5 Å². The molecule has 2 fully saturated rings. The van der Waals surface area contributed by atoms with Crippen molar-refractivity contribution in [3.05, 3.63) is 46.3 Å². The van der Waals surface area contributed by atoms with Gasteiger partial charge in [-0.15, -0.1) is 11.3 Å². The van der Waals surface area contributed by atoms with Crippen molar-refractivity contribution in [2.75, 3.05) is 0 Å². The summed E-state index contributed by atoms with van der Waals surface area (Å²) in [6.45, 7) is 0. The van der Waals surface area contributed by atoms with E-state index in [2.05, 4.69) is 10.7 Å². The number of carbonyl (C=O) groups is 3. The molecule has 1 aliphatic carbocycles. The highest BCUT2D eigenvalue weighted by atomic mass is 35.5. The number of halogens is 1. The van der Waals surface area contributed by atoms with Gasteiger partial charge in [0.1, 0.15) is 5.54 Å². The lowest BCUT2D eigenvalue weighted by atomic mass is 9.82. The molecular weight excluding hydrogens is 386 g/mol. The van der Waals surface area contributed by atoms with Crippen LogP contribution in [0.2, 0.25) is 5.02 Å². The van der Waals surface area contributed by atoms with Crippen LogP contribution < -0.4 is 10.7 Å². The Morgan fingerprint density at radius 2 is 1.78 bits per heavy atom. The van der Waals surface area contributed by atoms with Gasteiger partial charge in [-0.2, -0.15) is 5.01 Å². The second-order valence-electron chi connectivity index (χ2n) is 6.83. The summed E-state index contributed by atoms with van der Waals surface area (Å²) in [6, 6.07) is 10.3. The maximum Gasteiger partial charge on any atom is 0.344 e. The number of urea groups is 1. The smallest absolute Gasteiger partial charge is 0.322 e. The van der Waals surface area contributed by atoms with Crippen LogP contribution in [0.15, 0.2) is 36.4 Å². The quantitative estimate of drug-likeness (QED) is 0.761. The van der Waals surface area contributed by atoms with E-state index in [0.717, 1.165) is 34.7 Å². The van der Waals surface area contributed by atoms with E-state index in [0.29, 0.717) is 22.7 Å². The Morgan fingerprint density at radius 1 is 1.07 bits per heavy atom. The number of hydrazine groups is 1. The average Bonchev–Trinajstić information content (AvgIpc) is 3.23. The number of benzene rings is 1. The predicted molar refractivity (Wildman–Crippen MR) is 103 cm³/mol. The number of thiophene rings is 1. The molecule has 1 aliphatic heterocycles. The van der Waals surface area contributed by atoms with Gasteiger partial charge in [-0.3, -0.25) is 15.0 Å². The molecule has 1 aromatic heterocycles. The first-order chi connectivity index (χ1) is 13.0. The summed E-state index contributed by atoms with van der Waals surface area (Å²) < 4.78 is 0. The summed E-state index contributed by atoms with van der Waals surface area (Å²) in [7, 11) is 0. The Kier molecular flexibility index (Phi) is 4.65. The first kappa shape index (κ1) is 18.0. The van der Waals surface area contributed by atoms with E-state index in [-0.39, 0.29) is 5.91 Å². The van der Waals surface area contributed by atoms with E-state index in [1.54, 1.807) is 18.2 Å². The molecule has 1 aromatic carbocycles. The first-order valence-electron chi connectivity index (χ1n) is 8.82. The lowest BCUT2D eigenvalue weighted by Gasteiger charge is -2.30. The van der Waals surface area contributed by atoms with Crippen molar-refractivity contribution in [2.45, 2.75) is 37.6 Å². The first-order valence-corrected chi connectivity index (χ1v) is 10.0. The molecule has 2 N–H and O–H groups in total. The fourth-order valence-electron chi connectivity index (χ4n) is 3.60. The SMILES string of the molecule is O=C(NN1C(=O)NC2(CCCCC2)C1=O)c1ccc(-c2ccc(Cl)cc2)s1. The summed E-state index contributed by atoms with van der Waals surface area (Å²) in [4.78, 5) is 38.9. The fourth-order valence-corrected chi connectivity index (χ4v) is 4.63. The van der Waals surface area contributed by atoms with Crippen LogP contribution in [0.4, 0.5) is 4.79 Å². The van der Waals surface area contributed by atoms with E-state index >= 15 is 0 Å². The van der Waals surface area contributed by atoms with Crippen molar-refractivity contribution >= 4 is 40.8 Å². The van der Waals surface area contributed by atoms with Gasteiger partial charge in [-0.25, -0.2) is 4.79 Å². The molecule has 2 aromatic rings. The van der Waals surface area contributed by atoms with Crippen LogP contribution in [0.5, 0.6) is 0 Å². The Labute approximate surface area is 165 Å². The molecule has 4 rings (SSSR count). The number of hydrogen-bond donors (Lipinski definition) is 2. The molecular formula is C19H18ClN3O3S. The van der Waals surface area contributed by atoms with Crippen molar-refractivity contribution in [1.82, 2.24) is 15.8 Å². The van der Waals surface area contributed by atoms with E-state index in [1.165, 1.54) is 11.3 Å². The zero-order chi connectivity index (χ0) is 19.0. The molecule has 6 nitrogen and oxygen atoms in total. The highest BCUT2D eigenvalue weighted by molar-refractivity contribution is 7.17. The number of rotatable bonds is 3.